The Balaban J connectivity index is 2.68. The maximum Gasteiger partial charge on any atom is 0.00688 e. The zero-order valence-corrected chi connectivity index (χ0v) is 9.33. The Morgan fingerprint density at radius 1 is 1.50 bits per heavy atom. The Bertz CT molecular complexity index is 240. The third kappa shape index (κ3) is 2.16. The van der Waals surface area contributed by atoms with Gasteiger partial charge in [-0.2, -0.15) is 0 Å². The van der Waals surface area contributed by atoms with Crippen LogP contribution in [-0.4, -0.2) is 0 Å². The smallest absolute Gasteiger partial charge is 0.00688 e. The van der Waals surface area contributed by atoms with Gasteiger partial charge in [-0.1, -0.05) is 34.3 Å². The zero-order chi connectivity index (χ0) is 9.52. The highest BCUT2D eigenvalue weighted by Gasteiger charge is 2.33. The highest BCUT2D eigenvalue weighted by Crippen LogP contribution is 2.48. The van der Waals surface area contributed by atoms with Gasteiger partial charge >= 0.3 is 0 Å². The van der Waals surface area contributed by atoms with Crippen molar-refractivity contribution in [1.29, 1.82) is 0 Å². The normalized spacial score (nSPS) is 27.4. The van der Waals surface area contributed by atoms with E-state index in [1.165, 1.54) is 16.1 Å². The average molecular weight is 182 g/mol. The number of allylic oxidation sites excluding steroid dienone is 3. The van der Waals surface area contributed by atoms with Gasteiger partial charge in [0.05, 0.1) is 0 Å². The Morgan fingerprint density at radius 3 is 2.17 bits per heavy atom. The molecule has 0 spiro atoms. The van der Waals surface area contributed by atoms with Crippen LogP contribution in [-0.2, 0) is 0 Å². The molecule has 0 heterocycles. The number of hydrogen-bond acceptors (Lipinski definition) is 1. The van der Waals surface area contributed by atoms with E-state index in [-0.39, 0.29) is 0 Å². The van der Waals surface area contributed by atoms with Crippen LogP contribution in [0.25, 0.3) is 0 Å². The summed E-state index contributed by atoms with van der Waals surface area (Å²) < 4.78 is 0. The van der Waals surface area contributed by atoms with Gasteiger partial charge in [0.25, 0.3) is 0 Å². The van der Waals surface area contributed by atoms with E-state index in [1.54, 1.807) is 0 Å². The third-order valence-electron chi connectivity index (χ3n) is 2.23. The number of thiol groups is 1. The van der Waals surface area contributed by atoms with E-state index in [1.807, 2.05) is 0 Å². The van der Waals surface area contributed by atoms with Gasteiger partial charge < -0.3 is 0 Å². The van der Waals surface area contributed by atoms with Crippen LogP contribution in [0.1, 0.15) is 34.1 Å². The molecule has 0 N–H and O–H groups in total. The fourth-order valence-electron chi connectivity index (χ4n) is 1.43. The zero-order valence-electron chi connectivity index (χ0n) is 8.44. The average Bonchev–Trinajstić information content (AvgIpc) is 2.36. The minimum atomic E-state index is 0.340. The first-order chi connectivity index (χ1) is 5.33. The van der Waals surface area contributed by atoms with Crippen molar-refractivity contribution in [1.82, 2.24) is 0 Å². The molecule has 0 aromatic carbocycles. The topological polar surface area (TPSA) is 0 Å². The molecular formula is C11H18S. The summed E-state index contributed by atoms with van der Waals surface area (Å²) in [4.78, 5) is 1.24. The molecule has 0 nitrogen and oxygen atoms in total. The van der Waals surface area contributed by atoms with Gasteiger partial charge in [0.2, 0.25) is 0 Å². The lowest BCUT2D eigenvalue weighted by atomic mass is 9.92. The van der Waals surface area contributed by atoms with Gasteiger partial charge in [-0.3, -0.25) is 0 Å². The lowest BCUT2D eigenvalue weighted by Crippen LogP contribution is -2.04. The number of rotatable bonds is 1. The Kier molecular flexibility index (Phi) is 2.44. The molecule has 1 rings (SSSR count). The second-order valence-electron chi connectivity index (χ2n) is 4.84. The molecule has 0 radical (unpaired) electrons. The van der Waals surface area contributed by atoms with E-state index >= 15 is 0 Å². The predicted molar refractivity (Wildman–Crippen MR) is 58.4 cm³/mol. The molecule has 0 aromatic rings. The van der Waals surface area contributed by atoms with Crippen molar-refractivity contribution in [3.05, 3.63) is 22.6 Å². The molecule has 1 fully saturated rings. The molecule has 1 atom stereocenters. The van der Waals surface area contributed by atoms with Crippen molar-refractivity contribution in [2.75, 3.05) is 0 Å². The highest BCUT2D eigenvalue weighted by molar-refractivity contribution is 7.84. The van der Waals surface area contributed by atoms with Gasteiger partial charge in [0.1, 0.15) is 0 Å². The fraction of sp³-hybridized carbons (Fsp3) is 0.636. The highest BCUT2D eigenvalue weighted by atomic mass is 32.1. The van der Waals surface area contributed by atoms with E-state index < -0.39 is 0 Å². The first-order valence-corrected chi connectivity index (χ1v) is 4.89. The summed E-state index contributed by atoms with van der Waals surface area (Å²) in [5.74, 6) is 0.597. The molecule has 0 amide bonds. The number of hydrogen-bond donors (Lipinski definition) is 1. The summed E-state index contributed by atoms with van der Waals surface area (Å²) in [5.41, 5.74) is 3.02. The van der Waals surface area contributed by atoms with Crippen LogP contribution in [0.2, 0.25) is 0 Å². The summed E-state index contributed by atoms with van der Waals surface area (Å²) in [6, 6.07) is 0. The van der Waals surface area contributed by atoms with Crippen molar-refractivity contribution >= 4 is 12.6 Å². The molecule has 1 unspecified atom stereocenters. The summed E-state index contributed by atoms with van der Waals surface area (Å²) in [6.07, 6.45) is 1.06. The van der Waals surface area contributed by atoms with Gasteiger partial charge in [0.15, 0.2) is 0 Å². The fourth-order valence-corrected chi connectivity index (χ4v) is 2.24. The molecular weight excluding hydrogens is 164 g/mol. The molecule has 0 bridgehead atoms. The largest absolute Gasteiger partial charge is 0.148 e. The standard InChI is InChI=1S/C11H18S/c1-7-8(2)10(7)9(12)6-11(3,4)5/h8,12H,1,6H2,2-5H3/b10-9+. The molecule has 68 valence electrons. The molecule has 12 heavy (non-hydrogen) atoms. The minimum absolute atomic E-state index is 0.340. The van der Waals surface area contributed by atoms with E-state index in [4.69, 9.17) is 0 Å². The van der Waals surface area contributed by atoms with Crippen LogP contribution in [0, 0.1) is 11.3 Å². The van der Waals surface area contributed by atoms with Crippen LogP contribution in [0.4, 0.5) is 0 Å². The molecule has 0 saturated heterocycles. The first kappa shape index (κ1) is 9.91. The van der Waals surface area contributed by atoms with Crippen LogP contribution >= 0.6 is 12.6 Å². The van der Waals surface area contributed by atoms with Crippen molar-refractivity contribution < 1.29 is 0 Å². The summed E-state index contributed by atoms with van der Waals surface area (Å²) >= 11 is 4.52. The van der Waals surface area contributed by atoms with Crippen molar-refractivity contribution in [3.63, 3.8) is 0 Å². The van der Waals surface area contributed by atoms with E-state index in [0.717, 1.165) is 6.42 Å². The van der Waals surface area contributed by atoms with Gasteiger partial charge in [-0.05, 0) is 27.9 Å². The SMILES string of the molecule is C=C1/C(=C(\S)CC(C)(C)C)C1C. The Labute approximate surface area is 81.2 Å². The van der Waals surface area contributed by atoms with Crippen LogP contribution < -0.4 is 0 Å². The van der Waals surface area contributed by atoms with E-state index in [0.29, 0.717) is 11.3 Å². The van der Waals surface area contributed by atoms with Crippen LogP contribution in [0.3, 0.4) is 0 Å². The molecule has 1 aliphatic carbocycles. The van der Waals surface area contributed by atoms with Gasteiger partial charge in [0, 0.05) is 5.92 Å². The first-order valence-electron chi connectivity index (χ1n) is 4.44. The Hall–Kier alpha value is -0.170. The van der Waals surface area contributed by atoms with E-state index in [2.05, 4.69) is 46.9 Å². The molecule has 1 heteroatoms. The molecule has 1 saturated carbocycles. The third-order valence-corrected chi connectivity index (χ3v) is 2.63. The monoisotopic (exact) mass is 182 g/mol. The van der Waals surface area contributed by atoms with E-state index in [9.17, 15) is 0 Å². The second kappa shape index (κ2) is 2.95. The summed E-state index contributed by atoms with van der Waals surface area (Å²) in [7, 11) is 0. The molecule has 0 aliphatic heterocycles. The van der Waals surface area contributed by atoms with Crippen molar-refractivity contribution in [2.45, 2.75) is 34.1 Å². The Morgan fingerprint density at radius 2 is 1.92 bits per heavy atom. The van der Waals surface area contributed by atoms with Crippen LogP contribution in [0.5, 0.6) is 0 Å². The summed E-state index contributed by atoms with van der Waals surface area (Å²) in [6.45, 7) is 12.9. The maximum absolute atomic E-state index is 4.52. The van der Waals surface area contributed by atoms with Crippen LogP contribution in [0.15, 0.2) is 22.6 Å². The summed E-state index contributed by atoms with van der Waals surface area (Å²) in [5, 5.41) is 0. The van der Waals surface area contributed by atoms with Gasteiger partial charge in [-0.15, -0.1) is 12.6 Å². The maximum atomic E-state index is 4.52. The predicted octanol–water partition coefficient (Wildman–Crippen LogP) is 3.81. The lowest BCUT2D eigenvalue weighted by Gasteiger charge is -2.17. The molecule has 0 aromatic heterocycles. The quantitative estimate of drug-likeness (QED) is 0.586. The lowest BCUT2D eigenvalue weighted by molar-refractivity contribution is 0.417. The minimum Gasteiger partial charge on any atom is -0.148 e. The van der Waals surface area contributed by atoms with Crippen molar-refractivity contribution in [3.8, 4) is 0 Å². The second-order valence-corrected chi connectivity index (χ2v) is 5.38. The van der Waals surface area contributed by atoms with Crippen molar-refractivity contribution in [2.24, 2.45) is 11.3 Å². The molecule has 1 aliphatic rings. The van der Waals surface area contributed by atoms with Gasteiger partial charge in [-0.25, -0.2) is 0 Å².